The first-order valence-electron chi connectivity index (χ1n) is 5.43. The summed E-state index contributed by atoms with van der Waals surface area (Å²) in [5.74, 6) is -1.06. The molecule has 1 atom stereocenters. The van der Waals surface area contributed by atoms with Crippen molar-refractivity contribution in [2.75, 3.05) is 0 Å². The van der Waals surface area contributed by atoms with Gasteiger partial charge in [0.05, 0.1) is 21.9 Å². The third-order valence-corrected chi connectivity index (χ3v) is 3.37. The first-order chi connectivity index (χ1) is 9.20. The maximum absolute atomic E-state index is 13.3. The Morgan fingerprint density at radius 3 is 2.45 bits per heavy atom. The summed E-state index contributed by atoms with van der Waals surface area (Å²) in [6.07, 6.45) is -4.71. The first kappa shape index (κ1) is 15.0. The van der Waals surface area contributed by atoms with E-state index in [1.165, 1.54) is 17.9 Å². The fourth-order valence-electron chi connectivity index (χ4n) is 1.82. The van der Waals surface area contributed by atoms with E-state index in [4.69, 9.17) is 0 Å². The van der Waals surface area contributed by atoms with Crippen LogP contribution in [0.25, 0.3) is 0 Å². The van der Waals surface area contributed by atoms with E-state index in [0.717, 1.165) is 6.07 Å². The van der Waals surface area contributed by atoms with Gasteiger partial charge in [0.2, 0.25) is 0 Å². The van der Waals surface area contributed by atoms with E-state index >= 15 is 0 Å². The number of hydrogen-bond donors (Lipinski definition) is 1. The van der Waals surface area contributed by atoms with E-state index in [1.807, 2.05) is 0 Å². The van der Waals surface area contributed by atoms with Crippen LogP contribution < -0.4 is 0 Å². The molecule has 0 amide bonds. The molecule has 108 valence electrons. The first-order valence-corrected chi connectivity index (χ1v) is 6.22. The molecule has 20 heavy (non-hydrogen) atoms. The summed E-state index contributed by atoms with van der Waals surface area (Å²) in [6, 6.07) is 1.96. The third-order valence-electron chi connectivity index (χ3n) is 2.76. The molecule has 0 radical (unpaired) electrons. The van der Waals surface area contributed by atoms with E-state index in [2.05, 4.69) is 21.0 Å². The lowest BCUT2D eigenvalue weighted by atomic mass is 10.0. The van der Waals surface area contributed by atoms with E-state index in [0.29, 0.717) is 16.6 Å². The summed E-state index contributed by atoms with van der Waals surface area (Å²) >= 11 is 3.13. The SMILES string of the molecule is Cn1ncc(Br)c1C(O)c1cc(F)cc(C(F)(F)F)c1. The Morgan fingerprint density at radius 1 is 1.30 bits per heavy atom. The molecule has 0 spiro atoms. The minimum Gasteiger partial charge on any atom is -0.382 e. The second-order valence-corrected chi connectivity index (χ2v) is 5.03. The predicted molar refractivity (Wildman–Crippen MR) is 66.4 cm³/mol. The highest BCUT2D eigenvalue weighted by Crippen LogP contribution is 2.34. The summed E-state index contributed by atoms with van der Waals surface area (Å²) in [5.41, 5.74) is -1.10. The van der Waals surface area contributed by atoms with Crippen molar-refractivity contribution in [3.05, 3.63) is 51.5 Å². The minimum atomic E-state index is -4.68. The van der Waals surface area contributed by atoms with Crippen molar-refractivity contribution in [3.8, 4) is 0 Å². The quantitative estimate of drug-likeness (QED) is 0.841. The number of alkyl halides is 3. The van der Waals surface area contributed by atoms with Crippen molar-refractivity contribution in [3.63, 3.8) is 0 Å². The van der Waals surface area contributed by atoms with Gasteiger partial charge in [-0.25, -0.2) is 4.39 Å². The Kier molecular flexibility index (Phi) is 3.88. The van der Waals surface area contributed by atoms with Crippen LogP contribution in [0.5, 0.6) is 0 Å². The standard InChI is InChI=1S/C12H9BrF4N2O/c1-19-10(9(13)5-18-19)11(20)6-2-7(12(15,16)17)4-8(14)3-6/h2-5,11,20H,1H3. The molecular formula is C12H9BrF4N2O. The fraction of sp³-hybridized carbons (Fsp3) is 0.250. The molecule has 2 aromatic rings. The van der Waals surface area contributed by atoms with Gasteiger partial charge in [-0.3, -0.25) is 4.68 Å². The lowest BCUT2D eigenvalue weighted by molar-refractivity contribution is -0.137. The summed E-state index contributed by atoms with van der Waals surface area (Å²) in [4.78, 5) is 0. The third kappa shape index (κ3) is 2.85. The zero-order chi connectivity index (χ0) is 15.1. The molecule has 0 saturated heterocycles. The highest BCUT2D eigenvalue weighted by Gasteiger charge is 2.32. The van der Waals surface area contributed by atoms with Gasteiger partial charge in [0.1, 0.15) is 11.9 Å². The lowest BCUT2D eigenvalue weighted by Gasteiger charge is -2.15. The highest BCUT2D eigenvalue weighted by atomic mass is 79.9. The van der Waals surface area contributed by atoms with Crippen LogP contribution >= 0.6 is 15.9 Å². The monoisotopic (exact) mass is 352 g/mol. The average Bonchev–Trinajstić information content (AvgIpc) is 2.66. The maximum Gasteiger partial charge on any atom is 0.416 e. The lowest BCUT2D eigenvalue weighted by Crippen LogP contribution is -2.11. The number of aromatic nitrogens is 2. The maximum atomic E-state index is 13.3. The van der Waals surface area contributed by atoms with Gasteiger partial charge < -0.3 is 5.11 Å². The number of aliphatic hydroxyl groups is 1. The van der Waals surface area contributed by atoms with Crippen LogP contribution in [0.1, 0.15) is 22.9 Å². The zero-order valence-electron chi connectivity index (χ0n) is 10.1. The van der Waals surface area contributed by atoms with Gasteiger partial charge in [0.15, 0.2) is 0 Å². The Balaban J connectivity index is 2.50. The molecule has 0 aliphatic heterocycles. The summed E-state index contributed by atoms with van der Waals surface area (Å²) in [5, 5.41) is 14.0. The van der Waals surface area contributed by atoms with Gasteiger partial charge in [0, 0.05) is 7.05 Å². The molecule has 1 aromatic heterocycles. The van der Waals surface area contributed by atoms with Crippen molar-refractivity contribution in [1.29, 1.82) is 0 Å². The number of aliphatic hydroxyl groups excluding tert-OH is 1. The largest absolute Gasteiger partial charge is 0.416 e. The highest BCUT2D eigenvalue weighted by molar-refractivity contribution is 9.10. The number of rotatable bonds is 2. The number of nitrogens with zero attached hydrogens (tertiary/aromatic N) is 2. The molecule has 0 aliphatic rings. The summed E-state index contributed by atoms with van der Waals surface area (Å²) in [7, 11) is 1.52. The molecule has 1 N–H and O–H groups in total. The minimum absolute atomic E-state index is 0.193. The molecule has 0 bridgehead atoms. The number of hydrogen-bond acceptors (Lipinski definition) is 2. The molecule has 0 fully saturated rings. The molecule has 1 unspecified atom stereocenters. The van der Waals surface area contributed by atoms with Crippen LogP contribution in [-0.2, 0) is 13.2 Å². The van der Waals surface area contributed by atoms with E-state index in [-0.39, 0.29) is 11.3 Å². The van der Waals surface area contributed by atoms with Crippen LogP contribution in [0.2, 0.25) is 0 Å². The van der Waals surface area contributed by atoms with Gasteiger partial charge in [0.25, 0.3) is 0 Å². The summed E-state index contributed by atoms with van der Waals surface area (Å²) in [6.45, 7) is 0. The molecule has 2 rings (SSSR count). The Bertz CT molecular complexity index is 619. The van der Waals surface area contributed by atoms with Gasteiger partial charge in [-0.15, -0.1) is 0 Å². The molecule has 3 nitrogen and oxygen atoms in total. The van der Waals surface area contributed by atoms with Crippen LogP contribution in [0.3, 0.4) is 0 Å². The smallest absolute Gasteiger partial charge is 0.382 e. The number of aryl methyl sites for hydroxylation is 1. The van der Waals surface area contributed by atoms with E-state index in [1.54, 1.807) is 0 Å². The molecule has 0 aliphatic carbocycles. The molecule has 1 heterocycles. The average molecular weight is 353 g/mol. The van der Waals surface area contributed by atoms with Gasteiger partial charge in [-0.2, -0.15) is 18.3 Å². The van der Waals surface area contributed by atoms with Crippen molar-refractivity contribution in [1.82, 2.24) is 9.78 Å². The van der Waals surface area contributed by atoms with Crippen molar-refractivity contribution >= 4 is 15.9 Å². The van der Waals surface area contributed by atoms with Crippen LogP contribution in [0, 0.1) is 5.82 Å². The molecule has 0 saturated carbocycles. The normalized spacial score (nSPS) is 13.6. The number of halogens is 5. The zero-order valence-corrected chi connectivity index (χ0v) is 11.7. The second kappa shape index (κ2) is 5.17. The van der Waals surface area contributed by atoms with Crippen LogP contribution in [0.4, 0.5) is 17.6 Å². The molecule has 8 heteroatoms. The van der Waals surface area contributed by atoms with Crippen LogP contribution in [-0.4, -0.2) is 14.9 Å². The van der Waals surface area contributed by atoms with Crippen molar-refractivity contribution in [2.24, 2.45) is 7.05 Å². The van der Waals surface area contributed by atoms with Gasteiger partial charge in [-0.05, 0) is 39.7 Å². The van der Waals surface area contributed by atoms with Crippen molar-refractivity contribution < 1.29 is 22.7 Å². The Labute approximate surface area is 120 Å². The van der Waals surface area contributed by atoms with E-state index in [9.17, 15) is 22.7 Å². The van der Waals surface area contributed by atoms with Crippen LogP contribution in [0.15, 0.2) is 28.9 Å². The fourth-order valence-corrected chi connectivity index (χ4v) is 2.38. The Hall–Kier alpha value is -1.41. The molecular weight excluding hydrogens is 344 g/mol. The topological polar surface area (TPSA) is 38.0 Å². The number of benzene rings is 1. The Morgan fingerprint density at radius 2 is 1.95 bits per heavy atom. The van der Waals surface area contributed by atoms with Crippen molar-refractivity contribution in [2.45, 2.75) is 12.3 Å². The van der Waals surface area contributed by atoms with E-state index < -0.39 is 23.7 Å². The predicted octanol–water partition coefficient (Wildman–Crippen LogP) is 3.42. The summed E-state index contributed by atoms with van der Waals surface area (Å²) < 4.78 is 52.9. The molecule has 1 aromatic carbocycles. The van der Waals surface area contributed by atoms with Gasteiger partial charge in [-0.1, -0.05) is 0 Å². The van der Waals surface area contributed by atoms with Gasteiger partial charge >= 0.3 is 6.18 Å². The second-order valence-electron chi connectivity index (χ2n) is 4.17.